The van der Waals surface area contributed by atoms with Gasteiger partial charge in [0.1, 0.15) is 5.78 Å². The fourth-order valence-corrected chi connectivity index (χ4v) is 3.10. The number of hydrogen-bond acceptors (Lipinski definition) is 3. The molecule has 0 aromatic carbocycles. The van der Waals surface area contributed by atoms with Gasteiger partial charge in [0.25, 0.3) is 0 Å². The molecule has 2 aliphatic carbocycles. The van der Waals surface area contributed by atoms with Gasteiger partial charge in [-0.25, -0.2) is 4.99 Å². The van der Waals surface area contributed by atoms with Gasteiger partial charge in [0, 0.05) is 5.92 Å². The first-order valence-corrected chi connectivity index (χ1v) is 5.20. The summed E-state index contributed by atoms with van der Waals surface area (Å²) in [5.74, 6) is 1.87. The Morgan fingerprint density at radius 1 is 1.38 bits per heavy atom. The van der Waals surface area contributed by atoms with Gasteiger partial charge in [-0.05, 0) is 50.2 Å². The summed E-state index contributed by atoms with van der Waals surface area (Å²) in [6.45, 7) is 1.71. The Balaban J connectivity index is 2.06. The molecule has 0 N–H and O–H groups in total. The van der Waals surface area contributed by atoms with E-state index in [1.807, 2.05) is 0 Å². The summed E-state index contributed by atoms with van der Waals surface area (Å²) in [7, 11) is 0. The zero-order valence-electron chi connectivity index (χ0n) is 7.69. The minimum atomic E-state index is 0.321. The highest BCUT2D eigenvalue weighted by atomic mass is 32.1. The number of rotatable bonds is 2. The van der Waals surface area contributed by atoms with Crippen molar-refractivity contribution in [3.8, 4) is 0 Å². The molecule has 0 spiro atoms. The van der Waals surface area contributed by atoms with Crippen LogP contribution >= 0.6 is 12.2 Å². The lowest BCUT2D eigenvalue weighted by Crippen LogP contribution is -2.24. The largest absolute Gasteiger partial charge is 0.300 e. The Morgan fingerprint density at radius 3 is 2.62 bits per heavy atom. The first kappa shape index (κ1) is 9.04. The maximum Gasteiger partial charge on any atom is 0.133 e. The molecule has 70 valence electrons. The van der Waals surface area contributed by atoms with Crippen LogP contribution in [0.25, 0.3) is 0 Å². The van der Waals surface area contributed by atoms with Crippen molar-refractivity contribution >= 4 is 23.2 Å². The zero-order valence-corrected chi connectivity index (χ0v) is 8.51. The lowest BCUT2D eigenvalue weighted by atomic mass is 9.84. The summed E-state index contributed by atoms with van der Waals surface area (Å²) < 4.78 is 0. The second-order valence-corrected chi connectivity index (χ2v) is 4.41. The van der Waals surface area contributed by atoms with E-state index in [1.165, 1.54) is 6.42 Å². The van der Waals surface area contributed by atoms with Gasteiger partial charge in [-0.3, -0.25) is 4.79 Å². The first-order chi connectivity index (χ1) is 6.22. The molecule has 2 saturated carbocycles. The molecule has 13 heavy (non-hydrogen) atoms. The van der Waals surface area contributed by atoms with Crippen molar-refractivity contribution in [3.05, 3.63) is 0 Å². The van der Waals surface area contributed by atoms with E-state index in [0.717, 1.165) is 12.8 Å². The molecule has 2 bridgehead atoms. The highest BCUT2D eigenvalue weighted by molar-refractivity contribution is 7.78. The molecule has 0 aromatic heterocycles. The second-order valence-electron chi connectivity index (χ2n) is 4.23. The van der Waals surface area contributed by atoms with Crippen LogP contribution in [0.5, 0.6) is 0 Å². The molecule has 0 heterocycles. The van der Waals surface area contributed by atoms with Crippen LogP contribution in [-0.4, -0.2) is 17.0 Å². The summed E-state index contributed by atoms with van der Waals surface area (Å²) in [6.07, 6.45) is 3.26. The van der Waals surface area contributed by atoms with E-state index in [4.69, 9.17) is 0 Å². The molecule has 2 fully saturated rings. The average molecular weight is 195 g/mol. The van der Waals surface area contributed by atoms with Crippen LogP contribution in [0.4, 0.5) is 0 Å². The number of hydrogen-bond donors (Lipinski definition) is 0. The standard InChI is InChI=1S/C10H13NOS/c1-6(12)9-3-8-2-7(9)4-10(8)11-5-13/h7-10H,2-4H2,1H3/t7-,8-,9-,10+/m0/s1. The van der Waals surface area contributed by atoms with Crippen molar-refractivity contribution in [3.63, 3.8) is 0 Å². The predicted octanol–water partition coefficient (Wildman–Crippen LogP) is 2.09. The quantitative estimate of drug-likeness (QED) is 0.499. The summed E-state index contributed by atoms with van der Waals surface area (Å²) in [4.78, 5) is 15.4. The molecule has 0 radical (unpaired) electrons. The lowest BCUT2D eigenvalue weighted by molar-refractivity contribution is -0.122. The van der Waals surface area contributed by atoms with E-state index in [0.29, 0.717) is 29.6 Å². The van der Waals surface area contributed by atoms with Crippen LogP contribution in [0, 0.1) is 17.8 Å². The molecule has 3 heteroatoms. The van der Waals surface area contributed by atoms with Crippen molar-refractivity contribution in [2.75, 3.05) is 0 Å². The number of fused-ring (bicyclic) bond motifs is 2. The van der Waals surface area contributed by atoms with E-state index in [2.05, 4.69) is 22.4 Å². The molecule has 0 unspecified atom stereocenters. The van der Waals surface area contributed by atoms with Gasteiger partial charge in [-0.2, -0.15) is 0 Å². The fourth-order valence-electron chi connectivity index (χ4n) is 2.97. The molecule has 2 rings (SSSR count). The van der Waals surface area contributed by atoms with Gasteiger partial charge < -0.3 is 0 Å². The molecular formula is C10H13NOS. The predicted molar refractivity (Wildman–Crippen MR) is 53.8 cm³/mol. The summed E-state index contributed by atoms with van der Waals surface area (Å²) >= 11 is 4.60. The van der Waals surface area contributed by atoms with Crippen molar-refractivity contribution in [2.24, 2.45) is 22.7 Å². The minimum absolute atomic E-state index is 0.321. The smallest absolute Gasteiger partial charge is 0.133 e. The van der Waals surface area contributed by atoms with Crippen molar-refractivity contribution < 1.29 is 4.79 Å². The first-order valence-electron chi connectivity index (χ1n) is 4.79. The highest BCUT2D eigenvalue weighted by Crippen LogP contribution is 2.49. The van der Waals surface area contributed by atoms with Gasteiger partial charge in [-0.15, -0.1) is 0 Å². The fraction of sp³-hybridized carbons (Fsp3) is 0.800. The number of carbonyl (C=O) groups excluding carboxylic acids is 1. The molecular weight excluding hydrogens is 182 g/mol. The van der Waals surface area contributed by atoms with E-state index >= 15 is 0 Å². The number of thiocarbonyl (C=S) groups is 1. The van der Waals surface area contributed by atoms with Crippen LogP contribution in [0.2, 0.25) is 0 Å². The van der Waals surface area contributed by atoms with Crippen molar-refractivity contribution in [2.45, 2.75) is 32.2 Å². The van der Waals surface area contributed by atoms with Crippen LogP contribution in [0.3, 0.4) is 0 Å². The van der Waals surface area contributed by atoms with Crippen molar-refractivity contribution in [1.29, 1.82) is 0 Å². The van der Waals surface area contributed by atoms with Crippen LogP contribution in [-0.2, 0) is 4.79 Å². The SMILES string of the molecule is CC(=O)[C@@H]1C[C@@H]2C[C@H]1C[C@H]2N=C=S. The number of carbonyl (C=O) groups is 1. The number of nitrogens with zero attached hydrogens (tertiary/aromatic N) is 1. The number of isothiocyanates is 1. The summed E-state index contributed by atoms with van der Waals surface area (Å²) in [5, 5.41) is 2.46. The summed E-state index contributed by atoms with van der Waals surface area (Å²) in [5.41, 5.74) is 0. The third-order valence-corrected chi connectivity index (χ3v) is 3.67. The normalized spacial score (nSPS) is 41.6. The minimum Gasteiger partial charge on any atom is -0.300 e. The molecule has 0 amide bonds. The Kier molecular flexibility index (Phi) is 2.31. The third kappa shape index (κ3) is 1.47. The van der Waals surface area contributed by atoms with Gasteiger partial charge in [0.15, 0.2) is 0 Å². The summed E-state index contributed by atoms with van der Waals surface area (Å²) in [6, 6.07) is 0.373. The van der Waals surface area contributed by atoms with E-state index in [-0.39, 0.29) is 0 Å². The molecule has 0 saturated heterocycles. The number of aliphatic imine (C=N–C) groups is 1. The Hall–Kier alpha value is -0.530. The van der Waals surface area contributed by atoms with Crippen LogP contribution < -0.4 is 0 Å². The highest BCUT2D eigenvalue weighted by Gasteiger charge is 2.47. The average Bonchev–Trinajstić information content (AvgIpc) is 2.62. The van der Waals surface area contributed by atoms with Gasteiger partial charge in [-0.1, -0.05) is 0 Å². The zero-order chi connectivity index (χ0) is 9.42. The number of Topliss-reactive ketones (excluding diaryl/α,β-unsaturated/α-hetero) is 1. The Morgan fingerprint density at radius 2 is 2.15 bits per heavy atom. The third-order valence-electron chi connectivity index (χ3n) is 3.56. The van der Waals surface area contributed by atoms with Crippen LogP contribution in [0.1, 0.15) is 26.2 Å². The van der Waals surface area contributed by atoms with Gasteiger partial charge >= 0.3 is 0 Å². The second kappa shape index (κ2) is 3.32. The molecule has 0 aliphatic heterocycles. The molecule has 2 aliphatic rings. The van der Waals surface area contributed by atoms with E-state index in [9.17, 15) is 4.79 Å². The molecule has 2 nitrogen and oxygen atoms in total. The van der Waals surface area contributed by atoms with Crippen molar-refractivity contribution in [1.82, 2.24) is 0 Å². The molecule has 0 aromatic rings. The maximum atomic E-state index is 11.2. The van der Waals surface area contributed by atoms with E-state index in [1.54, 1.807) is 6.92 Å². The van der Waals surface area contributed by atoms with Crippen LogP contribution in [0.15, 0.2) is 4.99 Å². The monoisotopic (exact) mass is 195 g/mol. The Bertz CT molecular complexity index is 269. The van der Waals surface area contributed by atoms with Gasteiger partial charge in [0.05, 0.1) is 11.2 Å². The lowest BCUT2D eigenvalue weighted by Gasteiger charge is -2.22. The Labute approximate surface area is 83.4 Å². The van der Waals surface area contributed by atoms with Gasteiger partial charge in [0.2, 0.25) is 0 Å². The number of ketones is 1. The molecule has 4 atom stereocenters. The maximum absolute atomic E-state index is 11.2. The topological polar surface area (TPSA) is 29.4 Å². The van der Waals surface area contributed by atoms with E-state index < -0.39 is 0 Å².